The summed E-state index contributed by atoms with van der Waals surface area (Å²) in [5, 5.41) is 9.30. The molecule has 1 N–H and O–H groups in total. The van der Waals surface area contributed by atoms with E-state index in [1.54, 1.807) is 0 Å². The number of aliphatic carboxylic acids is 1. The Morgan fingerprint density at radius 2 is 1.64 bits per heavy atom. The van der Waals surface area contributed by atoms with Crippen LogP contribution in [0.3, 0.4) is 0 Å². The van der Waals surface area contributed by atoms with Crippen LogP contribution >= 0.6 is 0 Å². The summed E-state index contributed by atoms with van der Waals surface area (Å²) in [6.45, 7) is 9.35. The number of carboxylic acids is 1. The molecule has 4 saturated carbocycles. The second kappa shape index (κ2) is 11.0. The van der Waals surface area contributed by atoms with E-state index in [4.69, 9.17) is 13.7 Å². The highest BCUT2D eigenvalue weighted by molar-refractivity contribution is 7.86. The fraction of sp³-hybridized carbons (Fsp3) is 0.897. The third-order valence-electron chi connectivity index (χ3n) is 11.2. The van der Waals surface area contributed by atoms with Crippen molar-refractivity contribution in [2.75, 3.05) is 6.26 Å². The second-order valence-corrected chi connectivity index (χ2v) is 15.0. The van der Waals surface area contributed by atoms with E-state index in [0.717, 1.165) is 31.9 Å². The predicted octanol–water partition coefficient (Wildman–Crippen LogP) is 4.57. The fourth-order valence-corrected chi connectivity index (χ4v) is 10.4. The Bertz CT molecular complexity index is 1070. The summed E-state index contributed by atoms with van der Waals surface area (Å²) < 4.78 is 42.8. The van der Waals surface area contributed by atoms with E-state index in [1.807, 2.05) is 0 Å². The highest BCUT2D eigenvalue weighted by atomic mass is 32.2. The molecule has 0 aliphatic heterocycles. The minimum atomic E-state index is -3.75. The van der Waals surface area contributed by atoms with Crippen LogP contribution in [0, 0.1) is 46.3 Å². The van der Waals surface area contributed by atoms with Crippen LogP contribution < -0.4 is 0 Å². The Balaban J connectivity index is 1.74. The zero-order chi connectivity index (χ0) is 28.9. The van der Waals surface area contributed by atoms with Crippen LogP contribution in [0.15, 0.2) is 0 Å². The lowest BCUT2D eigenvalue weighted by atomic mass is 9.43. The number of fused-ring (bicyclic) bond motifs is 5. The van der Waals surface area contributed by atoms with Gasteiger partial charge < -0.3 is 14.6 Å². The Morgan fingerprint density at radius 3 is 2.23 bits per heavy atom. The molecular weight excluding hydrogens is 524 g/mol. The van der Waals surface area contributed by atoms with E-state index in [1.165, 1.54) is 13.8 Å². The first-order valence-corrected chi connectivity index (χ1v) is 16.3. The second-order valence-electron chi connectivity index (χ2n) is 13.4. The molecule has 222 valence electrons. The third kappa shape index (κ3) is 5.88. The fourth-order valence-electron chi connectivity index (χ4n) is 9.65. The summed E-state index contributed by atoms with van der Waals surface area (Å²) in [4.78, 5) is 35.4. The van der Waals surface area contributed by atoms with Gasteiger partial charge in [0.1, 0.15) is 12.2 Å². The molecule has 11 atom stereocenters. The predicted molar refractivity (Wildman–Crippen MR) is 143 cm³/mol. The average molecular weight is 571 g/mol. The molecule has 4 aliphatic carbocycles. The number of carbonyl (C=O) groups is 3. The van der Waals surface area contributed by atoms with E-state index >= 15 is 0 Å². The van der Waals surface area contributed by atoms with Crippen LogP contribution in [-0.4, -0.2) is 56.0 Å². The lowest BCUT2D eigenvalue weighted by Gasteiger charge is -2.64. The summed E-state index contributed by atoms with van der Waals surface area (Å²) in [6, 6.07) is 0. The largest absolute Gasteiger partial charge is 0.481 e. The molecule has 0 spiro atoms. The molecule has 0 amide bonds. The van der Waals surface area contributed by atoms with Gasteiger partial charge in [0.15, 0.2) is 0 Å². The lowest BCUT2D eigenvalue weighted by molar-refractivity contribution is -0.213. The van der Waals surface area contributed by atoms with E-state index in [-0.39, 0.29) is 71.5 Å². The molecule has 9 nitrogen and oxygen atoms in total. The van der Waals surface area contributed by atoms with Crippen molar-refractivity contribution in [1.82, 2.24) is 0 Å². The Labute approximate surface area is 232 Å². The maximum absolute atomic E-state index is 12.6. The molecule has 0 aromatic carbocycles. The molecule has 10 heteroatoms. The maximum atomic E-state index is 12.6. The summed E-state index contributed by atoms with van der Waals surface area (Å²) >= 11 is 0. The molecule has 4 aliphatic rings. The standard InChI is InChI=1S/C29H46O9S/c1-16(7-10-26(32)33)21-8-9-22-27-23(15-25(29(21,22)5)38-39(6,34)35)28(4)12-11-20(36-17(2)30)13-19(28)14-24(27)37-18(3)31/h16,19-25,27H,7-15H2,1-6H3,(H,32,33)/t16-,19+,20-,21-,22+,23+,24-,25+,27+,28+,29-/m1/s1. The normalized spacial score (nSPS) is 42.4. The van der Waals surface area contributed by atoms with Gasteiger partial charge in [0.25, 0.3) is 10.1 Å². The van der Waals surface area contributed by atoms with Crippen LogP contribution in [0.5, 0.6) is 0 Å². The van der Waals surface area contributed by atoms with Crippen molar-refractivity contribution in [1.29, 1.82) is 0 Å². The molecule has 0 aromatic heterocycles. The number of rotatable bonds is 8. The first-order chi connectivity index (χ1) is 18.1. The Morgan fingerprint density at radius 1 is 0.974 bits per heavy atom. The average Bonchev–Trinajstić information content (AvgIpc) is 3.15. The van der Waals surface area contributed by atoms with Gasteiger partial charge in [0, 0.05) is 31.6 Å². The van der Waals surface area contributed by atoms with Gasteiger partial charge in [0.2, 0.25) is 0 Å². The van der Waals surface area contributed by atoms with Crippen molar-refractivity contribution >= 4 is 28.0 Å². The molecule has 4 rings (SSSR count). The van der Waals surface area contributed by atoms with Gasteiger partial charge >= 0.3 is 17.9 Å². The van der Waals surface area contributed by atoms with Crippen molar-refractivity contribution in [3.63, 3.8) is 0 Å². The zero-order valence-corrected chi connectivity index (χ0v) is 25.0. The van der Waals surface area contributed by atoms with Gasteiger partial charge in [-0.2, -0.15) is 8.42 Å². The van der Waals surface area contributed by atoms with Gasteiger partial charge in [-0.05, 0) is 86.4 Å². The monoisotopic (exact) mass is 570 g/mol. The SMILES string of the molecule is CC(=O)O[C@@H]1CC[C@@]2(C)[C@@H](C1)C[C@@H](OC(C)=O)[C@@H]1[C@@H]2C[C@H](OS(C)(=O)=O)[C@]2(C)[C@@H]([C@H](C)CCC(=O)O)CC[C@@H]12. The maximum Gasteiger partial charge on any atom is 0.303 e. The van der Waals surface area contributed by atoms with E-state index in [2.05, 4.69) is 20.8 Å². The number of esters is 2. The molecule has 0 saturated heterocycles. The van der Waals surface area contributed by atoms with E-state index in [9.17, 15) is 27.9 Å². The van der Waals surface area contributed by atoms with Crippen molar-refractivity contribution in [3.8, 4) is 0 Å². The molecule has 0 heterocycles. The molecular formula is C29H46O9S. The number of carbonyl (C=O) groups excluding carboxylic acids is 2. The summed E-state index contributed by atoms with van der Waals surface area (Å²) in [5.74, 6) is -0.898. The lowest BCUT2D eigenvalue weighted by Crippen LogP contribution is -2.63. The molecule has 0 aromatic rings. The molecule has 0 bridgehead atoms. The summed E-state index contributed by atoms with van der Waals surface area (Å²) in [5.41, 5.74) is -0.635. The minimum absolute atomic E-state index is 0.0570. The van der Waals surface area contributed by atoms with Gasteiger partial charge in [-0.1, -0.05) is 20.8 Å². The molecule has 0 unspecified atom stereocenters. The summed E-state index contributed by atoms with van der Waals surface area (Å²) in [7, 11) is -3.75. The van der Waals surface area contributed by atoms with Crippen molar-refractivity contribution < 1.29 is 41.6 Å². The van der Waals surface area contributed by atoms with E-state index < -0.39 is 27.6 Å². The first kappa shape index (κ1) is 30.3. The van der Waals surface area contributed by atoms with E-state index in [0.29, 0.717) is 25.7 Å². The number of carboxylic acid groups (broad SMARTS) is 1. The number of ether oxygens (including phenoxy) is 2. The van der Waals surface area contributed by atoms with Crippen LogP contribution in [0.25, 0.3) is 0 Å². The van der Waals surface area contributed by atoms with Crippen LogP contribution in [-0.2, 0) is 38.2 Å². The Hall–Kier alpha value is -1.68. The Kier molecular flexibility index (Phi) is 8.50. The highest BCUT2D eigenvalue weighted by Crippen LogP contribution is 2.69. The minimum Gasteiger partial charge on any atom is -0.481 e. The highest BCUT2D eigenvalue weighted by Gasteiger charge is 2.67. The van der Waals surface area contributed by atoms with Crippen LogP contribution in [0.2, 0.25) is 0 Å². The van der Waals surface area contributed by atoms with Gasteiger partial charge in [-0.15, -0.1) is 0 Å². The van der Waals surface area contributed by atoms with Crippen molar-refractivity contribution in [3.05, 3.63) is 0 Å². The summed E-state index contributed by atoms with van der Waals surface area (Å²) in [6.07, 6.45) is 5.92. The first-order valence-electron chi connectivity index (χ1n) is 14.5. The molecule has 0 radical (unpaired) electrons. The van der Waals surface area contributed by atoms with Crippen LogP contribution in [0.1, 0.15) is 92.4 Å². The zero-order valence-electron chi connectivity index (χ0n) is 24.2. The van der Waals surface area contributed by atoms with Crippen LogP contribution in [0.4, 0.5) is 0 Å². The van der Waals surface area contributed by atoms with Gasteiger partial charge in [-0.25, -0.2) is 0 Å². The number of hydrogen-bond donors (Lipinski definition) is 1. The molecule has 4 fully saturated rings. The topological polar surface area (TPSA) is 133 Å². The molecule has 39 heavy (non-hydrogen) atoms. The van der Waals surface area contributed by atoms with Crippen molar-refractivity contribution in [2.45, 2.75) is 111 Å². The van der Waals surface area contributed by atoms with Gasteiger partial charge in [0.05, 0.1) is 12.4 Å². The van der Waals surface area contributed by atoms with Crippen molar-refractivity contribution in [2.24, 2.45) is 46.3 Å². The number of hydrogen-bond acceptors (Lipinski definition) is 8. The smallest absolute Gasteiger partial charge is 0.303 e. The van der Waals surface area contributed by atoms with Gasteiger partial charge in [-0.3, -0.25) is 18.6 Å². The third-order valence-corrected chi connectivity index (χ3v) is 11.8. The quantitative estimate of drug-likeness (QED) is 0.329.